The van der Waals surface area contributed by atoms with Gasteiger partial charge in [-0.1, -0.05) is 37.4 Å². The summed E-state index contributed by atoms with van der Waals surface area (Å²) in [6, 6.07) is 15.8. The van der Waals surface area contributed by atoms with Gasteiger partial charge in [0.05, 0.1) is 23.0 Å². The quantitative estimate of drug-likeness (QED) is 0.340. The second-order valence-electron chi connectivity index (χ2n) is 10.3. The highest BCUT2D eigenvalue weighted by Gasteiger charge is 2.22. The fourth-order valence-electron chi connectivity index (χ4n) is 3.94. The van der Waals surface area contributed by atoms with Crippen LogP contribution in [0.15, 0.2) is 72.8 Å². The molecule has 0 bridgehead atoms. The number of amides is 1. The van der Waals surface area contributed by atoms with Gasteiger partial charge in [0, 0.05) is 61.8 Å². The number of hydrogen-bond donors (Lipinski definition) is 2. The van der Waals surface area contributed by atoms with Crippen LogP contribution in [-0.4, -0.2) is 77.2 Å². The standard InChI is InChI=1S/C15H20N2O3S.C11H16N2O2S.C4H5ClO/c1-12(2)15(18)16-11-13-3-5-14(6-4-13)17-7-9-21(19,20)10-8-17;12-9-10-1-3-11(4-2-10)13-5-7-16(14,15)8-6-13;1-3(2)4(5)6/h3-6H,1,7-11H2,2H3,(H,16,18);1-4H,5-9,12H2;1H2,2H3. The SMILES string of the molecule is C=C(C)C(=O)Cl.C=C(C)C(=O)NCc1ccc(N2CCS(=O)(=O)CC2)cc1.NCc1ccc(N2CCS(=O)(=O)CC2)cc1. The molecule has 2 aromatic carbocycles. The van der Waals surface area contributed by atoms with E-state index >= 15 is 0 Å². The highest BCUT2D eigenvalue weighted by Crippen LogP contribution is 2.19. The molecule has 0 spiro atoms. The molecule has 3 N–H and O–H groups in total. The molecule has 2 aliphatic heterocycles. The van der Waals surface area contributed by atoms with Gasteiger partial charge in [0.2, 0.25) is 11.1 Å². The Kier molecular flexibility index (Phi) is 13.9. The number of anilines is 2. The molecule has 2 saturated heterocycles. The van der Waals surface area contributed by atoms with E-state index in [-0.39, 0.29) is 28.9 Å². The molecule has 0 atom stereocenters. The van der Waals surface area contributed by atoms with Crippen LogP contribution in [0, 0.1) is 0 Å². The zero-order chi connectivity index (χ0) is 32.2. The summed E-state index contributed by atoms with van der Waals surface area (Å²) in [5, 5.41) is 2.31. The van der Waals surface area contributed by atoms with E-state index in [9.17, 15) is 26.4 Å². The minimum Gasteiger partial charge on any atom is -0.369 e. The summed E-state index contributed by atoms with van der Waals surface area (Å²) in [6.07, 6.45) is 0. The van der Waals surface area contributed by atoms with Crippen molar-refractivity contribution in [2.24, 2.45) is 5.73 Å². The molecule has 1 amide bonds. The number of benzene rings is 2. The lowest BCUT2D eigenvalue weighted by molar-refractivity contribution is -0.117. The third-order valence-electron chi connectivity index (χ3n) is 6.70. The van der Waals surface area contributed by atoms with Crippen LogP contribution >= 0.6 is 11.6 Å². The smallest absolute Gasteiger partial charge is 0.247 e. The van der Waals surface area contributed by atoms with Crippen LogP contribution in [-0.2, 0) is 42.4 Å². The maximum Gasteiger partial charge on any atom is 0.247 e. The molecule has 43 heavy (non-hydrogen) atoms. The zero-order valence-electron chi connectivity index (χ0n) is 24.7. The summed E-state index contributed by atoms with van der Waals surface area (Å²) < 4.78 is 45.4. The largest absolute Gasteiger partial charge is 0.369 e. The predicted molar refractivity (Wildman–Crippen MR) is 175 cm³/mol. The van der Waals surface area contributed by atoms with Crippen LogP contribution < -0.4 is 20.9 Å². The minimum atomic E-state index is -2.86. The number of carbonyl (C=O) groups is 2. The van der Waals surface area contributed by atoms with Crippen LogP contribution in [0.2, 0.25) is 0 Å². The summed E-state index contributed by atoms with van der Waals surface area (Å²) in [5.74, 6) is 0.782. The van der Waals surface area contributed by atoms with Gasteiger partial charge in [-0.2, -0.15) is 0 Å². The van der Waals surface area contributed by atoms with Crippen LogP contribution in [0.4, 0.5) is 11.4 Å². The van der Waals surface area contributed by atoms with E-state index in [2.05, 4.69) is 28.3 Å². The molecule has 4 rings (SSSR count). The van der Waals surface area contributed by atoms with E-state index in [4.69, 9.17) is 17.3 Å². The Morgan fingerprint density at radius 3 is 1.40 bits per heavy atom. The number of nitrogens with zero attached hydrogens (tertiary/aromatic N) is 2. The molecule has 236 valence electrons. The summed E-state index contributed by atoms with van der Waals surface area (Å²) in [7, 11) is -5.65. The maximum atomic E-state index is 11.4. The molecule has 0 unspecified atom stereocenters. The van der Waals surface area contributed by atoms with Crippen molar-refractivity contribution in [2.75, 3.05) is 59.0 Å². The van der Waals surface area contributed by atoms with Crippen molar-refractivity contribution < 1.29 is 26.4 Å². The highest BCUT2D eigenvalue weighted by atomic mass is 35.5. The van der Waals surface area contributed by atoms with Gasteiger partial charge in [0.1, 0.15) is 0 Å². The highest BCUT2D eigenvalue weighted by molar-refractivity contribution is 7.91. The summed E-state index contributed by atoms with van der Waals surface area (Å²) in [5.41, 5.74) is 10.6. The van der Waals surface area contributed by atoms with Gasteiger partial charge in [0.25, 0.3) is 0 Å². The fourth-order valence-corrected chi connectivity index (χ4v) is 6.34. The van der Waals surface area contributed by atoms with Crippen LogP contribution in [0.25, 0.3) is 0 Å². The third-order valence-corrected chi connectivity index (χ3v) is 10.2. The van der Waals surface area contributed by atoms with E-state index in [0.717, 1.165) is 22.5 Å². The molecule has 10 nitrogen and oxygen atoms in total. The molecule has 0 saturated carbocycles. The number of allylic oxidation sites excluding steroid dienone is 1. The molecular weight excluding hydrogens is 612 g/mol. The average Bonchev–Trinajstić information content (AvgIpc) is 2.97. The Labute approximate surface area is 260 Å². The fraction of sp³-hybridized carbons (Fsp3) is 0.400. The Morgan fingerprint density at radius 2 is 1.09 bits per heavy atom. The van der Waals surface area contributed by atoms with Crippen molar-refractivity contribution in [1.29, 1.82) is 0 Å². The number of nitrogens with one attached hydrogen (secondary N) is 1. The monoisotopic (exact) mass is 652 g/mol. The lowest BCUT2D eigenvalue weighted by Crippen LogP contribution is -2.40. The van der Waals surface area contributed by atoms with Crippen molar-refractivity contribution in [3.8, 4) is 0 Å². The lowest BCUT2D eigenvalue weighted by Gasteiger charge is -2.28. The normalized spacial score (nSPS) is 16.8. The summed E-state index contributed by atoms with van der Waals surface area (Å²) >= 11 is 4.87. The zero-order valence-corrected chi connectivity index (χ0v) is 27.1. The second-order valence-corrected chi connectivity index (χ2v) is 15.3. The number of hydrogen-bond acceptors (Lipinski definition) is 9. The van der Waals surface area contributed by atoms with Gasteiger partial charge < -0.3 is 20.9 Å². The van der Waals surface area contributed by atoms with E-state index < -0.39 is 24.9 Å². The first kappa shape index (κ1) is 36.0. The molecule has 13 heteroatoms. The Balaban J connectivity index is 0.000000259. The Hall–Kier alpha value is -3.19. The summed E-state index contributed by atoms with van der Waals surface area (Å²) in [6.45, 7) is 13.3. The van der Waals surface area contributed by atoms with Gasteiger partial charge in [0.15, 0.2) is 19.7 Å². The van der Waals surface area contributed by atoms with E-state index in [0.29, 0.717) is 50.4 Å². The number of halogens is 1. The van der Waals surface area contributed by atoms with Crippen molar-refractivity contribution in [3.05, 3.63) is 84.0 Å². The molecule has 0 aliphatic carbocycles. The lowest BCUT2D eigenvalue weighted by atomic mass is 10.2. The van der Waals surface area contributed by atoms with Crippen molar-refractivity contribution in [2.45, 2.75) is 26.9 Å². The molecule has 0 aromatic heterocycles. The molecule has 0 radical (unpaired) electrons. The molecular formula is C30H41ClN4O6S2. The maximum absolute atomic E-state index is 11.4. The van der Waals surface area contributed by atoms with Crippen LogP contribution in [0.1, 0.15) is 25.0 Å². The van der Waals surface area contributed by atoms with Crippen molar-refractivity contribution in [3.63, 3.8) is 0 Å². The molecule has 2 fully saturated rings. The number of rotatable bonds is 7. The van der Waals surface area contributed by atoms with Gasteiger partial charge in [-0.3, -0.25) is 9.59 Å². The first-order valence-corrected chi connectivity index (χ1v) is 17.7. The van der Waals surface area contributed by atoms with Gasteiger partial charge in [-0.25, -0.2) is 16.8 Å². The Morgan fingerprint density at radius 1 is 0.744 bits per heavy atom. The van der Waals surface area contributed by atoms with E-state index in [1.165, 1.54) is 0 Å². The van der Waals surface area contributed by atoms with Gasteiger partial charge >= 0.3 is 0 Å². The topological polar surface area (TPSA) is 147 Å². The number of sulfone groups is 2. The van der Waals surface area contributed by atoms with Crippen molar-refractivity contribution >= 4 is 53.8 Å². The molecule has 2 aliphatic rings. The van der Waals surface area contributed by atoms with E-state index in [1.807, 2.05) is 48.5 Å². The average molecular weight is 653 g/mol. The minimum absolute atomic E-state index is 0.152. The first-order valence-electron chi connectivity index (χ1n) is 13.7. The van der Waals surface area contributed by atoms with Gasteiger partial charge in [-0.15, -0.1) is 0 Å². The molecule has 2 aromatic rings. The van der Waals surface area contributed by atoms with Crippen molar-refractivity contribution in [1.82, 2.24) is 5.32 Å². The predicted octanol–water partition coefficient (Wildman–Crippen LogP) is 2.82. The van der Waals surface area contributed by atoms with Gasteiger partial charge in [-0.05, 0) is 60.8 Å². The molecule has 2 heterocycles. The first-order chi connectivity index (χ1) is 20.1. The second kappa shape index (κ2) is 16.6. The Bertz CT molecular complexity index is 1450. The summed E-state index contributed by atoms with van der Waals surface area (Å²) in [4.78, 5) is 25.4. The van der Waals surface area contributed by atoms with Crippen LogP contribution in [0.5, 0.6) is 0 Å². The third kappa shape index (κ3) is 12.9. The number of nitrogens with two attached hydrogens (primary N) is 1. The van der Waals surface area contributed by atoms with E-state index in [1.54, 1.807) is 13.8 Å². The number of carbonyl (C=O) groups excluding carboxylic acids is 2. The van der Waals surface area contributed by atoms with Crippen LogP contribution in [0.3, 0.4) is 0 Å².